The van der Waals surface area contributed by atoms with Crippen LogP contribution >= 0.6 is 0 Å². The Labute approximate surface area is 95.2 Å². The Kier molecular flexibility index (Phi) is 4.28. The summed E-state index contributed by atoms with van der Waals surface area (Å²) in [6.45, 7) is 10.8. The molecule has 0 spiro atoms. The van der Waals surface area contributed by atoms with Gasteiger partial charge < -0.3 is 4.74 Å². The molecule has 3 nitrogen and oxygen atoms in total. The van der Waals surface area contributed by atoms with Gasteiger partial charge in [-0.2, -0.15) is 0 Å². The fourth-order valence-electron chi connectivity index (χ4n) is 1.31. The number of carbonyl (C=O) groups excluding carboxylic acids is 1. The Bertz CT molecular complexity index is 441. The van der Waals surface area contributed by atoms with Crippen molar-refractivity contribution < 1.29 is 9.53 Å². The van der Waals surface area contributed by atoms with E-state index in [1.165, 1.54) is 0 Å². The monoisotopic (exact) mass is 215 g/mol. The van der Waals surface area contributed by atoms with Crippen molar-refractivity contribution >= 4 is 11.5 Å². The number of benzene rings is 1. The molecule has 1 aromatic rings. The minimum Gasteiger partial charge on any atom is -0.471 e. The van der Waals surface area contributed by atoms with E-state index in [-0.39, 0.29) is 12.3 Å². The van der Waals surface area contributed by atoms with E-state index >= 15 is 0 Å². The minimum atomic E-state index is -0.557. The van der Waals surface area contributed by atoms with Gasteiger partial charge in [0.05, 0.1) is 13.2 Å². The van der Waals surface area contributed by atoms with E-state index < -0.39 is 5.97 Å². The van der Waals surface area contributed by atoms with E-state index in [2.05, 4.69) is 4.85 Å². The summed E-state index contributed by atoms with van der Waals surface area (Å²) in [5.41, 5.74) is 1.56. The summed E-state index contributed by atoms with van der Waals surface area (Å²) in [5.74, 6) is -0.557. The average Bonchev–Trinajstić information content (AvgIpc) is 2.31. The first-order valence-corrected chi connectivity index (χ1v) is 5.01. The molecule has 0 fully saturated rings. The molecule has 0 saturated carbocycles. The molecule has 0 saturated heterocycles. The average molecular weight is 215 g/mol. The first-order chi connectivity index (χ1) is 7.70. The molecule has 1 aromatic carbocycles. The van der Waals surface area contributed by atoms with Gasteiger partial charge in [-0.3, -0.25) is 4.79 Å². The zero-order valence-electron chi connectivity index (χ0n) is 9.36. The lowest BCUT2D eigenvalue weighted by Crippen LogP contribution is -2.06. The maximum atomic E-state index is 11.5. The fraction of sp³-hybridized carbons (Fsp3) is 0.231. The summed E-state index contributed by atoms with van der Waals surface area (Å²) in [6, 6.07) is 9.34. The van der Waals surface area contributed by atoms with Gasteiger partial charge in [0.25, 0.3) is 5.70 Å². The third-order valence-corrected chi connectivity index (χ3v) is 2.14. The molecule has 0 amide bonds. The van der Waals surface area contributed by atoms with E-state index in [9.17, 15) is 4.79 Å². The lowest BCUT2D eigenvalue weighted by molar-refractivity contribution is -0.138. The molecular formula is C13H13NO2. The number of ether oxygens (including phenoxy) is 1. The molecule has 0 heterocycles. The number of allylic oxidation sites excluding steroid dienone is 1. The van der Waals surface area contributed by atoms with Crippen molar-refractivity contribution in [1.82, 2.24) is 0 Å². The number of carbonyl (C=O) groups is 1. The van der Waals surface area contributed by atoms with E-state index in [1.54, 1.807) is 13.8 Å². The van der Waals surface area contributed by atoms with Gasteiger partial charge in [0.1, 0.15) is 0 Å². The summed E-state index contributed by atoms with van der Waals surface area (Å²) >= 11 is 0. The molecule has 82 valence electrons. The summed E-state index contributed by atoms with van der Waals surface area (Å²) in [6.07, 6.45) is 0. The summed E-state index contributed by atoms with van der Waals surface area (Å²) < 4.78 is 4.83. The van der Waals surface area contributed by atoms with Crippen LogP contribution in [0, 0.1) is 6.57 Å². The molecule has 0 N–H and O–H groups in total. The van der Waals surface area contributed by atoms with Crippen LogP contribution in [0.1, 0.15) is 19.4 Å². The van der Waals surface area contributed by atoms with Gasteiger partial charge in [-0.15, -0.1) is 0 Å². The number of hydrogen-bond donors (Lipinski definition) is 0. The Morgan fingerprint density at radius 3 is 2.50 bits per heavy atom. The van der Waals surface area contributed by atoms with Gasteiger partial charge in [-0.1, -0.05) is 30.3 Å². The zero-order valence-corrected chi connectivity index (χ0v) is 9.36. The number of rotatable bonds is 3. The van der Waals surface area contributed by atoms with Gasteiger partial charge in [0.15, 0.2) is 0 Å². The summed E-state index contributed by atoms with van der Waals surface area (Å²) in [5, 5.41) is 0. The van der Waals surface area contributed by atoms with E-state index in [0.29, 0.717) is 5.57 Å². The van der Waals surface area contributed by atoms with Crippen molar-refractivity contribution in [2.75, 3.05) is 6.61 Å². The Hall–Kier alpha value is -2.08. The van der Waals surface area contributed by atoms with E-state index in [1.807, 2.05) is 30.3 Å². The molecule has 3 heteroatoms. The van der Waals surface area contributed by atoms with Gasteiger partial charge in [-0.25, -0.2) is 4.85 Å². The quantitative estimate of drug-likeness (QED) is 0.441. The maximum Gasteiger partial charge on any atom is 0.336 e. The van der Waals surface area contributed by atoms with E-state index in [4.69, 9.17) is 11.3 Å². The molecule has 16 heavy (non-hydrogen) atoms. The molecule has 0 bridgehead atoms. The molecule has 0 radical (unpaired) electrons. The highest BCUT2D eigenvalue weighted by Crippen LogP contribution is 2.19. The predicted molar refractivity (Wildman–Crippen MR) is 62.3 cm³/mol. The molecule has 0 atom stereocenters. The summed E-state index contributed by atoms with van der Waals surface area (Å²) in [7, 11) is 0. The summed E-state index contributed by atoms with van der Waals surface area (Å²) in [4.78, 5) is 14.7. The fourth-order valence-corrected chi connectivity index (χ4v) is 1.31. The van der Waals surface area contributed by atoms with Crippen LogP contribution < -0.4 is 0 Å². The molecule has 0 unspecified atom stereocenters. The zero-order chi connectivity index (χ0) is 12.0. The molecule has 0 aliphatic carbocycles. The van der Waals surface area contributed by atoms with Crippen LogP contribution in [0.4, 0.5) is 0 Å². The highest BCUT2D eigenvalue weighted by atomic mass is 16.5. The first kappa shape index (κ1) is 12.0. The van der Waals surface area contributed by atoms with Crippen LogP contribution in [0.3, 0.4) is 0 Å². The normalized spacial score (nSPS) is 11.3. The second-order valence-corrected chi connectivity index (χ2v) is 3.17. The SMILES string of the molecule is [C-]#[N+]/C(C(=O)OCC)=C(/C)c1ccccc1. The number of hydrogen-bond acceptors (Lipinski definition) is 2. The molecule has 0 aromatic heterocycles. The minimum absolute atomic E-state index is 0.0491. The highest BCUT2D eigenvalue weighted by Gasteiger charge is 2.15. The third kappa shape index (κ3) is 2.71. The first-order valence-electron chi connectivity index (χ1n) is 5.01. The van der Waals surface area contributed by atoms with Crippen LogP contribution in [-0.4, -0.2) is 12.6 Å². The van der Waals surface area contributed by atoms with Gasteiger partial charge in [-0.05, 0) is 25.0 Å². The molecule has 0 aliphatic rings. The lowest BCUT2D eigenvalue weighted by Gasteiger charge is -2.05. The van der Waals surface area contributed by atoms with Gasteiger partial charge >= 0.3 is 5.97 Å². The predicted octanol–water partition coefficient (Wildman–Crippen LogP) is 2.90. The van der Waals surface area contributed by atoms with Crippen LogP contribution in [-0.2, 0) is 9.53 Å². The standard InChI is InChI=1S/C13H13NO2/c1-4-16-13(15)12(14-3)10(2)11-8-6-5-7-9-11/h5-9H,4H2,1-2H3/b12-10-. The van der Waals surface area contributed by atoms with Crippen molar-refractivity contribution in [3.8, 4) is 0 Å². The van der Waals surface area contributed by atoms with Crippen molar-refractivity contribution in [3.63, 3.8) is 0 Å². The van der Waals surface area contributed by atoms with E-state index in [0.717, 1.165) is 5.56 Å². The Balaban J connectivity index is 3.11. The second kappa shape index (κ2) is 5.72. The van der Waals surface area contributed by atoms with Crippen molar-refractivity contribution in [1.29, 1.82) is 0 Å². The molecule has 1 rings (SSSR count). The number of esters is 1. The second-order valence-electron chi connectivity index (χ2n) is 3.17. The number of nitrogens with zero attached hydrogens (tertiary/aromatic N) is 1. The lowest BCUT2D eigenvalue weighted by atomic mass is 10.1. The van der Waals surface area contributed by atoms with Crippen LogP contribution in [0.25, 0.3) is 10.4 Å². The van der Waals surface area contributed by atoms with Crippen molar-refractivity contribution in [2.45, 2.75) is 13.8 Å². The maximum absolute atomic E-state index is 11.5. The Morgan fingerprint density at radius 1 is 1.38 bits per heavy atom. The Morgan fingerprint density at radius 2 is 2.00 bits per heavy atom. The van der Waals surface area contributed by atoms with Gasteiger partial charge in [0.2, 0.25) is 0 Å². The molecular weight excluding hydrogens is 202 g/mol. The van der Waals surface area contributed by atoms with Crippen LogP contribution in [0.2, 0.25) is 0 Å². The topological polar surface area (TPSA) is 30.7 Å². The third-order valence-electron chi connectivity index (χ3n) is 2.14. The van der Waals surface area contributed by atoms with Crippen LogP contribution in [0.5, 0.6) is 0 Å². The smallest absolute Gasteiger partial charge is 0.336 e. The van der Waals surface area contributed by atoms with Crippen molar-refractivity contribution in [3.05, 3.63) is 53.0 Å². The van der Waals surface area contributed by atoms with Crippen LogP contribution in [0.15, 0.2) is 36.0 Å². The largest absolute Gasteiger partial charge is 0.471 e. The van der Waals surface area contributed by atoms with Crippen molar-refractivity contribution in [2.24, 2.45) is 0 Å². The molecule has 0 aliphatic heterocycles. The highest BCUT2D eigenvalue weighted by molar-refractivity contribution is 5.99. The van der Waals surface area contributed by atoms with Gasteiger partial charge in [0, 0.05) is 0 Å².